The van der Waals surface area contributed by atoms with Crippen LogP contribution in [0.3, 0.4) is 0 Å². The highest BCUT2D eigenvalue weighted by atomic mass is 127. The molecule has 1 heterocycles. The van der Waals surface area contributed by atoms with Gasteiger partial charge in [0.1, 0.15) is 9.88 Å². The maximum Gasteiger partial charge on any atom is 0.407 e. The first-order valence-corrected chi connectivity index (χ1v) is 11.1. The monoisotopic (exact) mass is 569 g/mol. The van der Waals surface area contributed by atoms with E-state index in [9.17, 15) is 9.59 Å². The minimum atomic E-state index is -0.425. The highest BCUT2D eigenvalue weighted by Crippen LogP contribution is 2.24. The number of aromatic nitrogens is 1. The number of aliphatic imine (C=N–C) groups is 1. The van der Waals surface area contributed by atoms with Gasteiger partial charge in [0.05, 0.1) is 24.9 Å². The Balaban J connectivity index is 0.00000900. The van der Waals surface area contributed by atoms with Crippen molar-refractivity contribution in [2.75, 3.05) is 26.8 Å². The Morgan fingerprint density at radius 3 is 2.32 bits per heavy atom. The minimum absolute atomic E-state index is 0. The second-order valence-corrected chi connectivity index (χ2v) is 8.23. The van der Waals surface area contributed by atoms with Gasteiger partial charge in [0, 0.05) is 19.6 Å². The first-order chi connectivity index (χ1) is 14.2. The number of ether oxygens (including phenoxy) is 2. The van der Waals surface area contributed by atoms with Crippen LogP contribution in [0, 0.1) is 12.8 Å². The summed E-state index contributed by atoms with van der Waals surface area (Å²) in [5.41, 5.74) is 0.653. The number of hydrogen-bond acceptors (Lipinski definition) is 7. The van der Waals surface area contributed by atoms with E-state index in [4.69, 9.17) is 9.47 Å². The third-order valence-corrected chi connectivity index (χ3v) is 5.41. The van der Waals surface area contributed by atoms with Crippen molar-refractivity contribution in [1.29, 1.82) is 0 Å². The maximum atomic E-state index is 12.0. The fourth-order valence-electron chi connectivity index (χ4n) is 2.77. The summed E-state index contributed by atoms with van der Waals surface area (Å²) < 4.78 is 10.1. The van der Waals surface area contributed by atoms with E-state index in [2.05, 4.69) is 39.8 Å². The molecule has 0 saturated heterocycles. The molecule has 1 aromatic heterocycles. The molecule has 2 atom stereocenters. The van der Waals surface area contributed by atoms with Crippen LogP contribution in [-0.2, 0) is 9.47 Å². The summed E-state index contributed by atoms with van der Waals surface area (Å²) in [5, 5.41) is 10.2. The number of hydrogen-bond donors (Lipinski definition) is 3. The number of thiazole rings is 1. The highest BCUT2D eigenvalue weighted by molar-refractivity contribution is 14.0. The van der Waals surface area contributed by atoms with Crippen LogP contribution in [0.5, 0.6) is 0 Å². The van der Waals surface area contributed by atoms with Gasteiger partial charge in [-0.3, -0.25) is 4.99 Å². The van der Waals surface area contributed by atoms with E-state index in [-0.39, 0.29) is 42.0 Å². The summed E-state index contributed by atoms with van der Waals surface area (Å²) in [6.07, 6.45) is 0.374. The van der Waals surface area contributed by atoms with E-state index in [1.807, 2.05) is 6.92 Å². The second-order valence-electron chi connectivity index (χ2n) is 7.20. The molecule has 0 spiro atoms. The Morgan fingerprint density at radius 2 is 1.77 bits per heavy atom. The van der Waals surface area contributed by atoms with Crippen LogP contribution >= 0.6 is 35.3 Å². The van der Waals surface area contributed by atoms with E-state index in [1.165, 1.54) is 11.3 Å². The molecule has 1 amide bonds. The molecule has 0 bridgehead atoms. The number of rotatable bonds is 10. The molecule has 0 saturated carbocycles. The normalized spacial score (nSPS) is 13.1. The molecular weight excluding hydrogens is 533 g/mol. The SMILES string of the molecule is CCOC(=O)NC(CNC(=NC)NC(C)c1nc(C)c(C(=O)OCC)s1)CC(C)C.I. The molecule has 0 aliphatic carbocycles. The molecule has 0 aliphatic heterocycles. The Labute approximate surface area is 206 Å². The molecule has 0 fully saturated rings. The van der Waals surface area contributed by atoms with Crippen molar-refractivity contribution < 1.29 is 19.1 Å². The summed E-state index contributed by atoms with van der Waals surface area (Å²) in [6, 6.07) is -0.264. The van der Waals surface area contributed by atoms with Crippen molar-refractivity contribution >= 4 is 53.3 Å². The smallest absolute Gasteiger partial charge is 0.407 e. The average Bonchev–Trinajstić information content (AvgIpc) is 3.06. The van der Waals surface area contributed by atoms with Gasteiger partial charge < -0.3 is 25.4 Å². The number of amides is 1. The molecule has 31 heavy (non-hydrogen) atoms. The van der Waals surface area contributed by atoms with Crippen molar-refractivity contribution in [3.63, 3.8) is 0 Å². The summed E-state index contributed by atoms with van der Waals surface area (Å²) in [5.74, 6) is 0.634. The molecule has 9 nitrogen and oxygen atoms in total. The van der Waals surface area contributed by atoms with Gasteiger partial charge in [0.25, 0.3) is 0 Å². The van der Waals surface area contributed by atoms with Crippen LogP contribution in [0.1, 0.15) is 67.5 Å². The molecule has 178 valence electrons. The highest BCUT2D eigenvalue weighted by Gasteiger charge is 2.21. The lowest BCUT2D eigenvalue weighted by atomic mass is 10.0. The fraction of sp³-hybridized carbons (Fsp3) is 0.700. The van der Waals surface area contributed by atoms with Gasteiger partial charge in [-0.25, -0.2) is 14.6 Å². The molecule has 2 unspecified atom stereocenters. The van der Waals surface area contributed by atoms with E-state index in [0.717, 1.165) is 11.4 Å². The van der Waals surface area contributed by atoms with Crippen LogP contribution in [0.25, 0.3) is 0 Å². The summed E-state index contributed by atoms with van der Waals surface area (Å²) >= 11 is 1.31. The molecule has 3 N–H and O–H groups in total. The zero-order chi connectivity index (χ0) is 22.7. The Kier molecular flexibility index (Phi) is 14.4. The topological polar surface area (TPSA) is 114 Å². The van der Waals surface area contributed by atoms with E-state index >= 15 is 0 Å². The van der Waals surface area contributed by atoms with Crippen LogP contribution in [-0.4, -0.2) is 55.9 Å². The minimum Gasteiger partial charge on any atom is -0.462 e. The molecule has 0 radical (unpaired) electrons. The number of aryl methyl sites for hydroxylation is 1. The summed E-state index contributed by atoms with van der Waals surface area (Å²) in [7, 11) is 1.68. The molecule has 1 aromatic rings. The average molecular weight is 570 g/mol. The zero-order valence-electron chi connectivity index (χ0n) is 19.4. The van der Waals surface area contributed by atoms with Crippen molar-refractivity contribution in [1.82, 2.24) is 20.9 Å². The van der Waals surface area contributed by atoms with Gasteiger partial charge in [-0.15, -0.1) is 35.3 Å². The Bertz CT molecular complexity index is 726. The number of guanidine groups is 1. The summed E-state index contributed by atoms with van der Waals surface area (Å²) in [4.78, 5) is 33.1. The number of nitrogens with one attached hydrogen (secondary N) is 3. The Morgan fingerprint density at radius 1 is 1.13 bits per heavy atom. The van der Waals surface area contributed by atoms with Gasteiger partial charge in [-0.05, 0) is 40.0 Å². The number of carbonyl (C=O) groups is 2. The van der Waals surface area contributed by atoms with Crippen LogP contribution < -0.4 is 16.0 Å². The standard InChI is InChI=1S/C20H35N5O4S.HI/c1-8-28-18(26)16-13(5)23-17(30-16)14(6)24-19(21-7)22-11-15(10-12(3)4)25-20(27)29-9-2;/h12,14-15H,8-11H2,1-7H3,(H,25,27)(H2,21,22,24);1H. The maximum absolute atomic E-state index is 12.0. The fourth-order valence-corrected chi connectivity index (χ4v) is 3.73. The Hall–Kier alpha value is -1.63. The lowest BCUT2D eigenvalue weighted by molar-refractivity contribution is 0.0531. The van der Waals surface area contributed by atoms with Crippen LogP contribution in [0.2, 0.25) is 0 Å². The van der Waals surface area contributed by atoms with Gasteiger partial charge >= 0.3 is 12.1 Å². The molecule has 1 rings (SSSR count). The molecule has 11 heteroatoms. The van der Waals surface area contributed by atoms with Gasteiger partial charge in [0.2, 0.25) is 0 Å². The van der Waals surface area contributed by atoms with Gasteiger partial charge in [-0.1, -0.05) is 13.8 Å². The first-order valence-electron chi connectivity index (χ1n) is 10.3. The third kappa shape index (κ3) is 10.5. The van der Waals surface area contributed by atoms with Crippen molar-refractivity contribution in [3.8, 4) is 0 Å². The number of halogens is 1. The number of esters is 1. The molecule has 0 aliphatic rings. The number of carbonyl (C=O) groups excluding carboxylic acids is 2. The number of alkyl carbamates (subject to hydrolysis) is 1. The van der Waals surface area contributed by atoms with Crippen LogP contribution in [0.15, 0.2) is 4.99 Å². The lowest BCUT2D eigenvalue weighted by Crippen LogP contribution is -2.48. The van der Waals surface area contributed by atoms with Crippen molar-refractivity contribution in [2.24, 2.45) is 10.9 Å². The summed E-state index contributed by atoms with van der Waals surface area (Å²) in [6.45, 7) is 12.6. The number of nitrogens with zero attached hydrogens (tertiary/aromatic N) is 2. The van der Waals surface area contributed by atoms with Crippen molar-refractivity contribution in [2.45, 2.75) is 60.0 Å². The van der Waals surface area contributed by atoms with Gasteiger partial charge in [-0.2, -0.15) is 0 Å². The van der Waals surface area contributed by atoms with E-state index in [0.29, 0.717) is 42.2 Å². The second kappa shape index (κ2) is 15.2. The quantitative estimate of drug-likeness (QED) is 0.171. The molecule has 0 aromatic carbocycles. The van der Waals surface area contributed by atoms with Crippen LogP contribution in [0.4, 0.5) is 4.79 Å². The van der Waals surface area contributed by atoms with E-state index < -0.39 is 6.09 Å². The lowest BCUT2D eigenvalue weighted by Gasteiger charge is -2.23. The third-order valence-electron chi connectivity index (χ3n) is 4.09. The van der Waals surface area contributed by atoms with Gasteiger partial charge in [0.15, 0.2) is 5.96 Å². The predicted molar refractivity (Wildman–Crippen MR) is 135 cm³/mol. The van der Waals surface area contributed by atoms with Crippen molar-refractivity contribution in [3.05, 3.63) is 15.6 Å². The first kappa shape index (κ1) is 29.4. The predicted octanol–water partition coefficient (Wildman–Crippen LogP) is 3.63. The van der Waals surface area contributed by atoms with E-state index in [1.54, 1.807) is 27.8 Å². The largest absolute Gasteiger partial charge is 0.462 e. The molecular formula is C20H36IN5O4S. The zero-order valence-corrected chi connectivity index (χ0v) is 22.6.